The van der Waals surface area contributed by atoms with Crippen LogP contribution in [-0.4, -0.2) is 29.8 Å². The molecular weight excluding hydrogens is 248 g/mol. The molecule has 0 bridgehead atoms. The SMILES string of the molecule is CC.OCCc1cnc(C2=CCNCC2)c(Cl)c1. The third-order valence-corrected chi connectivity index (χ3v) is 2.95. The summed E-state index contributed by atoms with van der Waals surface area (Å²) < 4.78 is 0. The van der Waals surface area contributed by atoms with Gasteiger partial charge in [0.25, 0.3) is 0 Å². The first kappa shape index (κ1) is 15.2. The van der Waals surface area contributed by atoms with Crippen LogP contribution in [0.25, 0.3) is 5.57 Å². The third-order valence-electron chi connectivity index (χ3n) is 2.67. The van der Waals surface area contributed by atoms with Gasteiger partial charge in [-0.05, 0) is 36.6 Å². The average Bonchev–Trinajstić information content (AvgIpc) is 2.42. The zero-order valence-corrected chi connectivity index (χ0v) is 11.8. The normalized spacial score (nSPS) is 14.6. The Morgan fingerprint density at radius 3 is 2.78 bits per heavy atom. The molecule has 1 aliphatic heterocycles. The fourth-order valence-corrected chi connectivity index (χ4v) is 2.13. The van der Waals surface area contributed by atoms with Gasteiger partial charge in [-0.3, -0.25) is 4.98 Å². The van der Waals surface area contributed by atoms with Crippen molar-refractivity contribution < 1.29 is 5.11 Å². The summed E-state index contributed by atoms with van der Waals surface area (Å²) in [6.07, 6.45) is 5.49. The topological polar surface area (TPSA) is 45.2 Å². The number of hydrogen-bond acceptors (Lipinski definition) is 3. The standard InChI is InChI=1S/C12H15ClN2O.C2H6/c13-11-7-9(3-6-16)8-15-12(11)10-1-4-14-5-2-10;1-2/h1,7-8,14,16H,2-6H2;1-2H3. The fourth-order valence-electron chi connectivity index (χ4n) is 1.82. The highest BCUT2D eigenvalue weighted by atomic mass is 35.5. The van der Waals surface area contributed by atoms with Crippen LogP contribution in [-0.2, 0) is 6.42 Å². The third kappa shape index (κ3) is 4.09. The monoisotopic (exact) mass is 268 g/mol. The van der Waals surface area contributed by atoms with Gasteiger partial charge in [0.15, 0.2) is 0 Å². The molecule has 1 aliphatic rings. The Bertz CT molecular complexity index is 405. The molecule has 2 heterocycles. The van der Waals surface area contributed by atoms with E-state index in [0.717, 1.165) is 30.8 Å². The number of nitrogens with zero attached hydrogens (tertiary/aromatic N) is 1. The lowest BCUT2D eigenvalue weighted by Crippen LogP contribution is -2.20. The molecular formula is C14H21ClN2O. The first-order chi connectivity index (χ1) is 8.81. The lowest BCUT2D eigenvalue weighted by Gasteiger charge is -2.14. The Labute approximate surface area is 114 Å². The van der Waals surface area contributed by atoms with E-state index in [9.17, 15) is 0 Å². The van der Waals surface area contributed by atoms with E-state index in [0.29, 0.717) is 11.4 Å². The Hall–Kier alpha value is -0.900. The minimum atomic E-state index is 0.129. The molecule has 4 heteroatoms. The summed E-state index contributed by atoms with van der Waals surface area (Å²) in [5.41, 5.74) is 3.06. The molecule has 18 heavy (non-hydrogen) atoms. The van der Waals surface area contributed by atoms with Gasteiger partial charge >= 0.3 is 0 Å². The molecule has 0 radical (unpaired) electrons. The Morgan fingerprint density at radius 1 is 1.44 bits per heavy atom. The van der Waals surface area contributed by atoms with E-state index in [1.807, 2.05) is 19.9 Å². The van der Waals surface area contributed by atoms with Crippen LogP contribution in [0.1, 0.15) is 31.5 Å². The van der Waals surface area contributed by atoms with Gasteiger partial charge in [-0.25, -0.2) is 0 Å². The van der Waals surface area contributed by atoms with Crippen LogP contribution in [0.4, 0.5) is 0 Å². The number of nitrogens with one attached hydrogen (secondary N) is 1. The van der Waals surface area contributed by atoms with Gasteiger partial charge in [-0.1, -0.05) is 31.5 Å². The molecule has 0 spiro atoms. The van der Waals surface area contributed by atoms with Gasteiger partial charge in [-0.15, -0.1) is 0 Å². The van der Waals surface area contributed by atoms with Crippen molar-refractivity contribution in [2.24, 2.45) is 0 Å². The molecule has 3 nitrogen and oxygen atoms in total. The summed E-state index contributed by atoms with van der Waals surface area (Å²) in [5, 5.41) is 12.8. The molecule has 2 rings (SSSR count). The predicted octanol–water partition coefficient (Wildman–Crippen LogP) is 2.67. The minimum Gasteiger partial charge on any atom is -0.396 e. The van der Waals surface area contributed by atoms with Crippen LogP contribution in [0.2, 0.25) is 5.02 Å². The highest BCUT2D eigenvalue weighted by molar-refractivity contribution is 6.32. The molecule has 1 aromatic heterocycles. The van der Waals surface area contributed by atoms with Crippen LogP contribution in [0.5, 0.6) is 0 Å². The molecule has 2 N–H and O–H groups in total. The summed E-state index contributed by atoms with van der Waals surface area (Å²) in [5.74, 6) is 0. The minimum absolute atomic E-state index is 0.129. The maximum Gasteiger partial charge on any atom is 0.0845 e. The molecule has 0 fully saturated rings. The van der Waals surface area contributed by atoms with Crippen molar-refractivity contribution in [3.63, 3.8) is 0 Å². The van der Waals surface area contributed by atoms with Crippen molar-refractivity contribution in [3.05, 3.63) is 34.6 Å². The number of halogens is 1. The van der Waals surface area contributed by atoms with E-state index >= 15 is 0 Å². The van der Waals surface area contributed by atoms with Crippen LogP contribution >= 0.6 is 11.6 Å². The van der Waals surface area contributed by atoms with Gasteiger partial charge in [0, 0.05) is 19.3 Å². The number of aliphatic hydroxyl groups is 1. The van der Waals surface area contributed by atoms with E-state index in [2.05, 4.69) is 16.4 Å². The molecule has 100 valence electrons. The summed E-state index contributed by atoms with van der Waals surface area (Å²) in [6, 6.07) is 1.89. The zero-order chi connectivity index (χ0) is 13.4. The second-order valence-electron chi connectivity index (χ2n) is 3.83. The Morgan fingerprint density at radius 2 is 2.22 bits per heavy atom. The van der Waals surface area contributed by atoms with Gasteiger partial charge < -0.3 is 10.4 Å². The predicted molar refractivity (Wildman–Crippen MR) is 76.8 cm³/mol. The summed E-state index contributed by atoms with van der Waals surface area (Å²) in [6.45, 7) is 5.98. The molecule has 0 atom stereocenters. The number of aliphatic hydroxyl groups excluding tert-OH is 1. The quantitative estimate of drug-likeness (QED) is 0.886. The van der Waals surface area contributed by atoms with Crippen molar-refractivity contribution in [2.75, 3.05) is 19.7 Å². The van der Waals surface area contributed by atoms with Crippen LogP contribution < -0.4 is 5.32 Å². The molecule has 0 aliphatic carbocycles. The van der Waals surface area contributed by atoms with Crippen molar-refractivity contribution >= 4 is 17.2 Å². The fraction of sp³-hybridized carbons (Fsp3) is 0.500. The van der Waals surface area contributed by atoms with Crippen molar-refractivity contribution in [1.82, 2.24) is 10.3 Å². The molecule has 1 aromatic rings. The van der Waals surface area contributed by atoms with Crippen molar-refractivity contribution in [3.8, 4) is 0 Å². The number of rotatable bonds is 3. The second-order valence-corrected chi connectivity index (χ2v) is 4.24. The van der Waals surface area contributed by atoms with E-state index < -0.39 is 0 Å². The average molecular weight is 269 g/mol. The van der Waals surface area contributed by atoms with Gasteiger partial charge in [0.2, 0.25) is 0 Å². The van der Waals surface area contributed by atoms with Gasteiger partial charge in [0.1, 0.15) is 0 Å². The largest absolute Gasteiger partial charge is 0.396 e. The van der Waals surface area contributed by atoms with Crippen LogP contribution in [0.3, 0.4) is 0 Å². The number of pyridine rings is 1. The lowest BCUT2D eigenvalue weighted by molar-refractivity contribution is 0.299. The first-order valence-electron chi connectivity index (χ1n) is 6.46. The van der Waals surface area contributed by atoms with E-state index in [1.54, 1.807) is 6.20 Å². The number of hydrogen-bond donors (Lipinski definition) is 2. The Balaban J connectivity index is 0.000000771. The first-order valence-corrected chi connectivity index (χ1v) is 6.84. The summed E-state index contributed by atoms with van der Waals surface area (Å²) in [4.78, 5) is 4.38. The molecule has 0 aromatic carbocycles. The number of aromatic nitrogens is 1. The molecule has 0 unspecified atom stereocenters. The molecule has 0 saturated carbocycles. The van der Waals surface area contributed by atoms with Crippen molar-refractivity contribution in [2.45, 2.75) is 26.7 Å². The van der Waals surface area contributed by atoms with Gasteiger partial charge in [0.05, 0.1) is 10.7 Å². The summed E-state index contributed by atoms with van der Waals surface area (Å²) >= 11 is 6.19. The highest BCUT2D eigenvalue weighted by Gasteiger charge is 2.11. The lowest BCUT2D eigenvalue weighted by atomic mass is 10.0. The molecule has 0 amide bonds. The van der Waals surface area contributed by atoms with E-state index in [1.165, 1.54) is 5.57 Å². The Kier molecular flexibility index (Phi) is 6.94. The second kappa shape index (κ2) is 8.25. The maximum atomic E-state index is 8.84. The summed E-state index contributed by atoms with van der Waals surface area (Å²) in [7, 11) is 0. The van der Waals surface area contributed by atoms with E-state index in [4.69, 9.17) is 16.7 Å². The highest BCUT2D eigenvalue weighted by Crippen LogP contribution is 2.25. The van der Waals surface area contributed by atoms with Crippen LogP contribution in [0.15, 0.2) is 18.3 Å². The van der Waals surface area contributed by atoms with Crippen molar-refractivity contribution in [1.29, 1.82) is 0 Å². The molecule has 0 saturated heterocycles. The van der Waals surface area contributed by atoms with E-state index in [-0.39, 0.29) is 6.61 Å². The van der Waals surface area contributed by atoms with Crippen LogP contribution in [0, 0.1) is 0 Å². The van der Waals surface area contributed by atoms with Gasteiger partial charge in [-0.2, -0.15) is 0 Å². The maximum absolute atomic E-state index is 8.84. The smallest absolute Gasteiger partial charge is 0.0845 e. The zero-order valence-electron chi connectivity index (χ0n) is 11.0.